The summed E-state index contributed by atoms with van der Waals surface area (Å²) in [4.78, 5) is 30.2. The van der Waals surface area contributed by atoms with E-state index in [1.807, 2.05) is 29.2 Å². The highest BCUT2D eigenvalue weighted by atomic mass is 16.5. The highest BCUT2D eigenvalue weighted by Gasteiger charge is 2.39. The molecule has 1 atom stereocenters. The molecule has 2 saturated heterocycles. The molecule has 3 heterocycles. The summed E-state index contributed by atoms with van der Waals surface area (Å²) in [5.41, 5.74) is 0.710. The molecule has 1 spiro atoms. The van der Waals surface area contributed by atoms with Gasteiger partial charge in [-0.3, -0.25) is 9.59 Å². The Labute approximate surface area is 197 Å². The van der Waals surface area contributed by atoms with Gasteiger partial charge in [0.25, 0.3) is 5.91 Å². The minimum atomic E-state index is 0.0485. The Kier molecular flexibility index (Phi) is 6.91. The number of ether oxygens (including phenoxy) is 2. The molecule has 180 valence electrons. The molecular formula is C27H38N2O4. The van der Waals surface area contributed by atoms with Gasteiger partial charge in [0.05, 0.1) is 24.8 Å². The fourth-order valence-electron chi connectivity index (χ4n) is 5.94. The average Bonchev–Trinajstić information content (AvgIpc) is 3.27. The Morgan fingerprint density at radius 1 is 0.939 bits per heavy atom. The maximum absolute atomic E-state index is 13.4. The van der Waals surface area contributed by atoms with Gasteiger partial charge in [-0.2, -0.15) is 0 Å². The number of amides is 2. The fraction of sp³-hybridized carbons (Fsp3) is 0.704. The van der Waals surface area contributed by atoms with E-state index in [-0.39, 0.29) is 23.3 Å². The van der Waals surface area contributed by atoms with Crippen LogP contribution in [0.5, 0.6) is 5.75 Å². The van der Waals surface area contributed by atoms with Gasteiger partial charge in [0, 0.05) is 37.6 Å². The third-order valence-electron chi connectivity index (χ3n) is 8.44. The van der Waals surface area contributed by atoms with E-state index in [1.54, 1.807) is 0 Å². The number of carbonyl (C=O) groups excluding carboxylic acids is 2. The molecule has 33 heavy (non-hydrogen) atoms. The molecule has 1 aromatic carbocycles. The maximum Gasteiger partial charge on any atom is 0.257 e. The summed E-state index contributed by atoms with van der Waals surface area (Å²) < 4.78 is 12.5. The molecule has 0 unspecified atom stereocenters. The molecule has 2 amide bonds. The maximum atomic E-state index is 13.4. The minimum Gasteiger partial charge on any atom is -0.492 e. The van der Waals surface area contributed by atoms with Gasteiger partial charge in [-0.05, 0) is 63.5 Å². The number of hydrogen-bond acceptors (Lipinski definition) is 4. The van der Waals surface area contributed by atoms with Crippen molar-refractivity contribution in [3.63, 3.8) is 0 Å². The summed E-state index contributed by atoms with van der Waals surface area (Å²) in [7, 11) is 0. The van der Waals surface area contributed by atoms with E-state index in [0.29, 0.717) is 30.4 Å². The van der Waals surface area contributed by atoms with Crippen LogP contribution in [0, 0.1) is 11.3 Å². The van der Waals surface area contributed by atoms with E-state index in [1.165, 1.54) is 6.42 Å². The van der Waals surface area contributed by atoms with Gasteiger partial charge in [-0.1, -0.05) is 25.0 Å². The lowest BCUT2D eigenvalue weighted by atomic mass is 9.74. The van der Waals surface area contributed by atoms with Gasteiger partial charge in [0.1, 0.15) is 5.75 Å². The third kappa shape index (κ3) is 4.91. The van der Waals surface area contributed by atoms with Crippen molar-refractivity contribution >= 4 is 11.8 Å². The van der Waals surface area contributed by atoms with Crippen LogP contribution in [0.1, 0.15) is 74.6 Å². The quantitative estimate of drug-likeness (QED) is 0.636. The smallest absolute Gasteiger partial charge is 0.257 e. The second-order valence-corrected chi connectivity index (χ2v) is 10.6. The summed E-state index contributed by atoms with van der Waals surface area (Å²) in [6.07, 6.45) is 10.5. The molecule has 1 aromatic rings. The molecule has 0 radical (unpaired) electrons. The Morgan fingerprint density at radius 3 is 2.55 bits per heavy atom. The van der Waals surface area contributed by atoms with Crippen LogP contribution in [-0.2, 0) is 9.53 Å². The number of carbonyl (C=O) groups is 2. The number of fused-ring (bicyclic) bond motifs is 2. The van der Waals surface area contributed by atoms with Crippen molar-refractivity contribution in [3.8, 4) is 5.75 Å². The SMILES string of the molecule is O=C(C1CCC1)N1CCC2(CCCCOC[C@@H]3CCCN3C(=O)c3ccccc3OC2)CC1. The number of piperidine rings is 1. The molecule has 5 rings (SSSR count). The normalized spacial score (nSPS) is 26.7. The number of likely N-dealkylation sites (tertiary alicyclic amines) is 1. The average molecular weight is 455 g/mol. The van der Waals surface area contributed by atoms with Crippen LogP contribution in [0.4, 0.5) is 0 Å². The zero-order valence-electron chi connectivity index (χ0n) is 19.8. The van der Waals surface area contributed by atoms with E-state index >= 15 is 0 Å². The molecule has 4 aliphatic rings. The van der Waals surface area contributed by atoms with Crippen molar-refractivity contribution < 1.29 is 19.1 Å². The molecule has 6 heteroatoms. The van der Waals surface area contributed by atoms with Crippen molar-refractivity contribution in [2.24, 2.45) is 11.3 Å². The van der Waals surface area contributed by atoms with Crippen LogP contribution < -0.4 is 4.74 Å². The largest absolute Gasteiger partial charge is 0.492 e. The lowest BCUT2D eigenvalue weighted by Gasteiger charge is -2.43. The standard InChI is InChI=1S/C27H38N2O4/c30-25(21-7-5-8-21)28-16-13-27(14-17-28)12-3-4-18-32-19-22-9-6-15-29(22)26(31)23-10-1-2-11-24(23)33-20-27/h1-2,10-11,21-22H,3-9,12-20H2/t22-/m0/s1. The van der Waals surface area contributed by atoms with Crippen LogP contribution in [0.3, 0.4) is 0 Å². The molecule has 0 N–H and O–H groups in total. The Balaban J connectivity index is 1.32. The zero-order chi connectivity index (χ0) is 22.7. The summed E-state index contributed by atoms with van der Waals surface area (Å²) in [6.45, 7) is 4.41. The van der Waals surface area contributed by atoms with E-state index in [0.717, 1.165) is 84.0 Å². The summed E-state index contributed by atoms with van der Waals surface area (Å²) in [6, 6.07) is 7.87. The second kappa shape index (κ2) is 10.0. The molecular weight excluding hydrogens is 416 g/mol. The Bertz CT molecular complexity index is 844. The molecule has 6 nitrogen and oxygen atoms in total. The molecule has 0 bridgehead atoms. The number of rotatable bonds is 1. The number of nitrogens with zero attached hydrogens (tertiary/aromatic N) is 2. The highest BCUT2D eigenvalue weighted by Crippen LogP contribution is 2.39. The molecule has 1 saturated carbocycles. The molecule has 0 aromatic heterocycles. The van der Waals surface area contributed by atoms with Crippen molar-refractivity contribution in [2.45, 2.75) is 70.3 Å². The van der Waals surface area contributed by atoms with Crippen LogP contribution in [-0.4, -0.2) is 67.1 Å². The monoisotopic (exact) mass is 454 g/mol. The first-order chi connectivity index (χ1) is 16.2. The first kappa shape index (κ1) is 22.7. The van der Waals surface area contributed by atoms with Gasteiger partial charge in [0.2, 0.25) is 5.91 Å². The van der Waals surface area contributed by atoms with Gasteiger partial charge in [0.15, 0.2) is 0 Å². The molecule has 3 fully saturated rings. The summed E-state index contributed by atoms with van der Waals surface area (Å²) in [5, 5.41) is 0. The Morgan fingerprint density at radius 2 is 1.76 bits per heavy atom. The lowest BCUT2D eigenvalue weighted by molar-refractivity contribution is -0.141. The first-order valence-electron chi connectivity index (χ1n) is 13.0. The number of para-hydroxylation sites is 1. The van der Waals surface area contributed by atoms with E-state index < -0.39 is 0 Å². The summed E-state index contributed by atoms with van der Waals surface area (Å²) >= 11 is 0. The van der Waals surface area contributed by atoms with Crippen LogP contribution in [0.2, 0.25) is 0 Å². The fourth-order valence-corrected chi connectivity index (χ4v) is 5.94. The van der Waals surface area contributed by atoms with E-state index in [2.05, 4.69) is 4.90 Å². The predicted molar refractivity (Wildman–Crippen MR) is 126 cm³/mol. The van der Waals surface area contributed by atoms with Crippen molar-refractivity contribution in [3.05, 3.63) is 29.8 Å². The van der Waals surface area contributed by atoms with Gasteiger partial charge in [-0.15, -0.1) is 0 Å². The first-order valence-corrected chi connectivity index (χ1v) is 13.0. The van der Waals surface area contributed by atoms with Crippen molar-refractivity contribution in [1.29, 1.82) is 0 Å². The second-order valence-electron chi connectivity index (χ2n) is 10.6. The minimum absolute atomic E-state index is 0.0485. The number of benzene rings is 1. The number of hydrogen-bond donors (Lipinski definition) is 0. The van der Waals surface area contributed by atoms with Crippen molar-refractivity contribution in [2.75, 3.05) is 39.5 Å². The predicted octanol–water partition coefficient (Wildman–Crippen LogP) is 4.28. The Hall–Kier alpha value is -2.08. The van der Waals surface area contributed by atoms with E-state index in [9.17, 15) is 9.59 Å². The molecule has 3 aliphatic heterocycles. The topological polar surface area (TPSA) is 59.1 Å². The third-order valence-corrected chi connectivity index (χ3v) is 8.44. The van der Waals surface area contributed by atoms with Crippen LogP contribution >= 0.6 is 0 Å². The van der Waals surface area contributed by atoms with Gasteiger partial charge < -0.3 is 19.3 Å². The molecule has 1 aliphatic carbocycles. The van der Waals surface area contributed by atoms with Crippen LogP contribution in [0.25, 0.3) is 0 Å². The highest BCUT2D eigenvalue weighted by molar-refractivity contribution is 5.97. The van der Waals surface area contributed by atoms with Gasteiger partial charge in [-0.25, -0.2) is 0 Å². The van der Waals surface area contributed by atoms with Crippen LogP contribution in [0.15, 0.2) is 24.3 Å². The van der Waals surface area contributed by atoms with E-state index in [4.69, 9.17) is 9.47 Å². The van der Waals surface area contributed by atoms with Gasteiger partial charge >= 0.3 is 0 Å². The zero-order valence-corrected chi connectivity index (χ0v) is 19.8. The van der Waals surface area contributed by atoms with Crippen molar-refractivity contribution in [1.82, 2.24) is 9.80 Å². The lowest BCUT2D eigenvalue weighted by Crippen LogP contribution is -2.48. The summed E-state index contributed by atoms with van der Waals surface area (Å²) in [5.74, 6) is 1.38.